The van der Waals surface area contributed by atoms with E-state index in [0.717, 1.165) is 5.56 Å². The molecule has 4 aromatic rings. The van der Waals surface area contributed by atoms with E-state index in [1.54, 1.807) is 36.4 Å². The highest BCUT2D eigenvalue weighted by Gasteiger charge is 2.48. The lowest BCUT2D eigenvalue weighted by atomic mass is 9.96. The predicted molar refractivity (Wildman–Crippen MR) is 136 cm³/mol. The Bertz CT molecular complexity index is 1410. The number of aromatic nitrogens is 3. The van der Waals surface area contributed by atoms with Crippen LogP contribution in [0, 0.1) is 0 Å². The summed E-state index contributed by atoms with van der Waals surface area (Å²) >= 11 is 8.79. The van der Waals surface area contributed by atoms with Gasteiger partial charge in [0.25, 0.3) is 5.78 Å². The molecule has 2 aromatic carbocycles. The minimum absolute atomic E-state index is 0.0304. The van der Waals surface area contributed by atoms with Gasteiger partial charge < -0.3 is 5.11 Å². The molecular formula is C25H17ClN4O3S2. The van der Waals surface area contributed by atoms with Crippen LogP contribution in [-0.4, -0.2) is 32.0 Å². The van der Waals surface area contributed by atoms with E-state index < -0.39 is 17.7 Å². The lowest BCUT2D eigenvalue weighted by Gasteiger charge is -2.22. The zero-order chi connectivity index (χ0) is 24.4. The molecule has 1 saturated heterocycles. The highest BCUT2D eigenvalue weighted by atomic mass is 35.5. The van der Waals surface area contributed by atoms with Crippen LogP contribution in [0.2, 0.25) is 5.02 Å². The molecule has 1 N–H and O–H groups in total. The van der Waals surface area contributed by atoms with Gasteiger partial charge in [0, 0.05) is 28.7 Å². The number of hydrogen-bond donors (Lipinski definition) is 1. The van der Waals surface area contributed by atoms with Gasteiger partial charge in [0.05, 0.1) is 11.6 Å². The molecule has 3 heterocycles. The van der Waals surface area contributed by atoms with E-state index in [9.17, 15) is 14.7 Å². The number of Topliss-reactive ketones (excluding diaryl/α,β-unsaturated/α-hetero) is 1. The van der Waals surface area contributed by atoms with Crippen molar-refractivity contribution in [1.82, 2.24) is 15.2 Å². The second-order valence-corrected chi connectivity index (χ2v) is 10.2. The number of pyridine rings is 1. The molecular weight excluding hydrogens is 504 g/mol. The molecule has 0 spiro atoms. The second kappa shape index (κ2) is 9.99. The third kappa shape index (κ3) is 4.70. The number of hydrogen-bond acceptors (Lipinski definition) is 8. The lowest BCUT2D eigenvalue weighted by molar-refractivity contribution is -0.132. The molecule has 0 saturated carbocycles. The summed E-state index contributed by atoms with van der Waals surface area (Å²) in [5.41, 5.74) is 2.09. The Morgan fingerprint density at radius 2 is 1.71 bits per heavy atom. The quantitative estimate of drug-likeness (QED) is 0.118. The van der Waals surface area contributed by atoms with Gasteiger partial charge in [-0.15, -0.1) is 10.2 Å². The van der Waals surface area contributed by atoms with Crippen molar-refractivity contribution in [3.8, 4) is 0 Å². The third-order valence-corrected chi connectivity index (χ3v) is 7.77. The second-order valence-electron chi connectivity index (χ2n) is 7.58. The maximum atomic E-state index is 13.2. The topological polar surface area (TPSA) is 96.3 Å². The van der Waals surface area contributed by atoms with Crippen LogP contribution in [0.5, 0.6) is 0 Å². The molecule has 35 heavy (non-hydrogen) atoms. The van der Waals surface area contributed by atoms with E-state index in [4.69, 9.17) is 11.6 Å². The van der Waals surface area contributed by atoms with Crippen LogP contribution in [0.25, 0.3) is 5.76 Å². The van der Waals surface area contributed by atoms with Crippen molar-refractivity contribution in [3.63, 3.8) is 0 Å². The van der Waals surface area contributed by atoms with Gasteiger partial charge in [-0.1, -0.05) is 77.2 Å². The van der Waals surface area contributed by atoms with Crippen LogP contribution in [0.1, 0.15) is 22.7 Å². The molecule has 1 aliphatic rings. The van der Waals surface area contributed by atoms with Gasteiger partial charge in [0.2, 0.25) is 5.13 Å². The smallest absolute Gasteiger partial charge is 0.301 e. The Kier molecular flexibility index (Phi) is 6.63. The minimum Gasteiger partial charge on any atom is -0.507 e. The maximum absolute atomic E-state index is 13.2. The Morgan fingerprint density at radius 1 is 1.00 bits per heavy atom. The normalized spacial score (nSPS) is 17.2. The van der Waals surface area contributed by atoms with Crippen LogP contribution >= 0.6 is 34.7 Å². The van der Waals surface area contributed by atoms with Crippen LogP contribution in [-0.2, 0) is 15.3 Å². The van der Waals surface area contributed by atoms with Crippen molar-refractivity contribution in [1.29, 1.82) is 0 Å². The van der Waals surface area contributed by atoms with Gasteiger partial charge >= 0.3 is 5.91 Å². The molecule has 1 aliphatic heterocycles. The van der Waals surface area contributed by atoms with Crippen LogP contribution in [0.4, 0.5) is 5.13 Å². The van der Waals surface area contributed by atoms with Crippen molar-refractivity contribution >= 4 is 57.3 Å². The molecule has 5 rings (SSSR count). The Hall–Kier alpha value is -3.53. The molecule has 174 valence electrons. The van der Waals surface area contributed by atoms with Crippen molar-refractivity contribution in [2.24, 2.45) is 0 Å². The number of carbonyl (C=O) groups excluding carboxylic acids is 2. The summed E-state index contributed by atoms with van der Waals surface area (Å²) in [7, 11) is 0. The van der Waals surface area contributed by atoms with E-state index in [1.807, 2.05) is 30.3 Å². The van der Waals surface area contributed by atoms with Gasteiger partial charge in [-0.25, -0.2) is 0 Å². The van der Waals surface area contributed by atoms with Gasteiger partial charge in [0.1, 0.15) is 5.76 Å². The number of anilines is 1. The number of ketones is 1. The van der Waals surface area contributed by atoms with Crippen molar-refractivity contribution < 1.29 is 14.7 Å². The van der Waals surface area contributed by atoms with E-state index in [-0.39, 0.29) is 16.5 Å². The molecule has 1 atom stereocenters. The Balaban J connectivity index is 1.54. The fraction of sp³-hybridized carbons (Fsp3) is 0.0800. The van der Waals surface area contributed by atoms with E-state index >= 15 is 0 Å². The van der Waals surface area contributed by atoms with Crippen LogP contribution in [0.3, 0.4) is 0 Å². The number of carbonyl (C=O) groups is 2. The molecule has 1 amide bonds. The van der Waals surface area contributed by atoms with Crippen LogP contribution < -0.4 is 4.90 Å². The average molecular weight is 521 g/mol. The largest absolute Gasteiger partial charge is 0.507 e. The molecule has 7 nitrogen and oxygen atoms in total. The fourth-order valence-corrected chi connectivity index (χ4v) is 5.68. The van der Waals surface area contributed by atoms with Crippen LogP contribution in [0.15, 0.2) is 89.0 Å². The molecule has 2 aromatic heterocycles. The summed E-state index contributed by atoms with van der Waals surface area (Å²) in [5.74, 6) is -1.17. The number of benzene rings is 2. The molecule has 0 bridgehead atoms. The van der Waals surface area contributed by atoms with Crippen molar-refractivity contribution in [3.05, 3.63) is 106 Å². The molecule has 1 fully saturated rings. The molecule has 0 aliphatic carbocycles. The third-order valence-electron chi connectivity index (χ3n) is 5.39. The van der Waals surface area contributed by atoms with E-state index in [2.05, 4.69) is 15.2 Å². The minimum atomic E-state index is -0.889. The summed E-state index contributed by atoms with van der Waals surface area (Å²) in [4.78, 5) is 31.6. The summed E-state index contributed by atoms with van der Waals surface area (Å²) in [6, 6.07) is 19.0. The predicted octanol–water partition coefficient (Wildman–Crippen LogP) is 5.51. The first-order chi connectivity index (χ1) is 17.0. The first-order valence-electron chi connectivity index (χ1n) is 10.5. The number of rotatable bonds is 6. The Labute approximate surface area is 214 Å². The monoisotopic (exact) mass is 520 g/mol. The van der Waals surface area contributed by atoms with Gasteiger partial charge in [-0.3, -0.25) is 19.5 Å². The number of amides is 1. The number of halogens is 1. The van der Waals surface area contributed by atoms with E-state index in [1.165, 1.54) is 40.4 Å². The van der Waals surface area contributed by atoms with E-state index in [0.29, 0.717) is 26.2 Å². The number of nitrogens with zero attached hydrogens (tertiary/aromatic N) is 4. The van der Waals surface area contributed by atoms with Gasteiger partial charge in [-0.05, 0) is 35.4 Å². The standard InChI is InChI=1S/C25H17ClN4O3S2/c26-18-8-6-16(7-9-18)20-19(21(31)17-10-12-27-13-11-17)22(32)23(33)30(20)24-28-29-25(35-24)34-14-15-4-2-1-3-5-15/h1-13,20,31H,14H2/b21-19+. The molecule has 0 radical (unpaired) electrons. The highest BCUT2D eigenvalue weighted by molar-refractivity contribution is 8.00. The summed E-state index contributed by atoms with van der Waals surface area (Å²) in [6.07, 6.45) is 3.01. The van der Waals surface area contributed by atoms with Gasteiger partial charge in [-0.2, -0.15) is 0 Å². The first-order valence-corrected chi connectivity index (χ1v) is 12.7. The first kappa shape index (κ1) is 23.2. The van der Waals surface area contributed by atoms with Gasteiger partial charge in [0.15, 0.2) is 4.34 Å². The summed E-state index contributed by atoms with van der Waals surface area (Å²) in [6.45, 7) is 0. The summed E-state index contributed by atoms with van der Waals surface area (Å²) in [5, 5.41) is 20.3. The fourth-order valence-electron chi connectivity index (χ4n) is 3.73. The molecule has 1 unspecified atom stereocenters. The average Bonchev–Trinajstić information content (AvgIpc) is 3.46. The lowest BCUT2D eigenvalue weighted by Crippen LogP contribution is -2.29. The molecule has 10 heteroatoms. The van der Waals surface area contributed by atoms with Crippen molar-refractivity contribution in [2.45, 2.75) is 16.1 Å². The Morgan fingerprint density at radius 3 is 2.43 bits per heavy atom. The summed E-state index contributed by atoms with van der Waals surface area (Å²) < 4.78 is 0.662. The number of aliphatic hydroxyl groups excluding tert-OH is 1. The number of aliphatic hydroxyl groups is 1. The zero-order valence-electron chi connectivity index (χ0n) is 18.0. The maximum Gasteiger partial charge on any atom is 0.301 e. The zero-order valence-corrected chi connectivity index (χ0v) is 20.4. The SMILES string of the molecule is O=C1C(=O)N(c2nnc(SCc3ccccc3)s2)C(c2ccc(Cl)cc2)/C1=C(\O)c1ccncc1. The highest BCUT2D eigenvalue weighted by Crippen LogP contribution is 2.44. The number of thioether (sulfide) groups is 1. The van der Waals surface area contributed by atoms with Crippen molar-refractivity contribution in [2.75, 3.05) is 4.90 Å².